The fourth-order valence-electron chi connectivity index (χ4n) is 2.94. The van der Waals surface area contributed by atoms with E-state index in [1.165, 1.54) is 6.07 Å². The van der Waals surface area contributed by atoms with E-state index in [-0.39, 0.29) is 24.1 Å². The van der Waals surface area contributed by atoms with E-state index < -0.39 is 23.1 Å². The number of carbonyl (C=O) groups excluding carboxylic acids is 1. The molecular formula is C17H22ClF2N5O. The topological polar surface area (TPSA) is 71.8 Å². The van der Waals surface area contributed by atoms with Crippen molar-refractivity contribution in [3.05, 3.63) is 47.3 Å². The Kier molecular flexibility index (Phi) is 6.30. The van der Waals surface area contributed by atoms with E-state index in [0.717, 1.165) is 38.1 Å². The Morgan fingerprint density at radius 2 is 1.96 bits per heavy atom. The van der Waals surface area contributed by atoms with E-state index in [9.17, 15) is 13.6 Å². The molecule has 0 spiro atoms. The minimum absolute atomic E-state index is 0. The molecule has 1 fully saturated rings. The van der Waals surface area contributed by atoms with Crippen molar-refractivity contribution in [1.82, 2.24) is 25.6 Å². The summed E-state index contributed by atoms with van der Waals surface area (Å²) >= 11 is 0. The van der Waals surface area contributed by atoms with Gasteiger partial charge >= 0.3 is 0 Å². The zero-order valence-corrected chi connectivity index (χ0v) is 15.4. The number of amides is 1. The first kappa shape index (κ1) is 20.3. The number of piperidine rings is 1. The Balaban J connectivity index is 0.00000243. The zero-order valence-electron chi connectivity index (χ0n) is 14.6. The summed E-state index contributed by atoms with van der Waals surface area (Å²) in [7, 11) is 0. The van der Waals surface area contributed by atoms with Crippen molar-refractivity contribution in [1.29, 1.82) is 0 Å². The third kappa shape index (κ3) is 4.37. The zero-order chi connectivity index (χ0) is 18.0. The predicted octanol–water partition coefficient (Wildman–Crippen LogP) is 2.57. The van der Waals surface area contributed by atoms with Crippen LogP contribution in [-0.4, -0.2) is 34.0 Å². The van der Waals surface area contributed by atoms with Crippen LogP contribution in [0.3, 0.4) is 0 Å². The number of benzene rings is 1. The van der Waals surface area contributed by atoms with E-state index in [1.54, 1.807) is 24.7 Å². The minimum atomic E-state index is -0.948. The molecule has 6 nitrogen and oxygen atoms in total. The SMILES string of the molecule is CC(C)(NC(=O)c1cn(C2CCNCC2)nn1)c1ccc(F)c(F)c1.Cl. The van der Waals surface area contributed by atoms with Gasteiger partial charge < -0.3 is 10.6 Å². The first-order valence-electron chi connectivity index (χ1n) is 8.27. The average molecular weight is 386 g/mol. The van der Waals surface area contributed by atoms with Crippen molar-refractivity contribution in [3.8, 4) is 0 Å². The van der Waals surface area contributed by atoms with Crippen molar-refractivity contribution in [2.75, 3.05) is 13.1 Å². The van der Waals surface area contributed by atoms with Gasteiger partial charge in [-0.15, -0.1) is 17.5 Å². The molecular weight excluding hydrogens is 364 g/mol. The van der Waals surface area contributed by atoms with Crippen molar-refractivity contribution in [2.24, 2.45) is 0 Å². The first-order chi connectivity index (χ1) is 11.9. The molecule has 2 N–H and O–H groups in total. The number of rotatable bonds is 4. The fourth-order valence-corrected chi connectivity index (χ4v) is 2.94. The van der Waals surface area contributed by atoms with Crippen molar-refractivity contribution in [3.63, 3.8) is 0 Å². The van der Waals surface area contributed by atoms with Crippen LogP contribution in [0.15, 0.2) is 24.4 Å². The molecule has 1 aliphatic heterocycles. The Morgan fingerprint density at radius 3 is 2.62 bits per heavy atom. The van der Waals surface area contributed by atoms with Crippen LogP contribution in [0.1, 0.15) is 48.8 Å². The summed E-state index contributed by atoms with van der Waals surface area (Å²) in [6, 6.07) is 3.81. The molecule has 0 bridgehead atoms. The monoisotopic (exact) mass is 385 g/mol. The number of aromatic nitrogens is 3. The molecule has 2 heterocycles. The van der Waals surface area contributed by atoms with Gasteiger partial charge in [0.15, 0.2) is 17.3 Å². The summed E-state index contributed by atoms with van der Waals surface area (Å²) in [5.41, 5.74) is -0.218. The molecule has 3 rings (SSSR count). The fraction of sp³-hybridized carbons (Fsp3) is 0.471. The second-order valence-electron chi connectivity index (χ2n) is 6.77. The Hall–Kier alpha value is -2.06. The van der Waals surface area contributed by atoms with Gasteiger partial charge in [-0.2, -0.15) is 0 Å². The molecule has 1 saturated heterocycles. The van der Waals surface area contributed by atoms with Crippen molar-refractivity contribution >= 4 is 18.3 Å². The summed E-state index contributed by atoms with van der Waals surface area (Å²) in [5, 5.41) is 14.1. The summed E-state index contributed by atoms with van der Waals surface area (Å²) < 4.78 is 28.3. The normalized spacial score (nSPS) is 15.4. The van der Waals surface area contributed by atoms with Crippen molar-refractivity contribution in [2.45, 2.75) is 38.3 Å². The number of nitrogens with zero attached hydrogens (tertiary/aromatic N) is 3. The summed E-state index contributed by atoms with van der Waals surface area (Å²) in [4.78, 5) is 12.5. The smallest absolute Gasteiger partial charge is 0.274 e. The van der Waals surface area contributed by atoms with Crippen LogP contribution < -0.4 is 10.6 Å². The Labute approximate surface area is 156 Å². The maximum atomic E-state index is 13.5. The van der Waals surface area contributed by atoms with Crippen LogP contribution >= 0.6 is 12.4 Å². The lowest BCUT2D eigenvalue weighted by atomic mass is 9.94. The lowest BCUT2D eigenvalue weighted by Crippen LogP contribution is -2.41. The highest BCUT2D eigenvalue weighted by molar-refractivity contribution is 5.92. The van der Waals surface area contributed by atoms with Gasteiger partial charge in [0.25, 0.3) is 5.91 Å². The minimum Gasteiger partial charge on any atom is -0.342 e. The van der Waals surface area contributed by atoms with E-state index in [0.29, 0.717) is 5.56 Å². The van der Waals surface area contributed by atoms with E-state index in [4.69, 9.17) is 0 Å². The van der Waals surface area contributed by atoms with Crippen LogP contribution in [-0.2, 0) is 5.54 Å². The maximum absolute atomic E-state index is 13.5. The number of nitrogens with one attached hydrogen (secondary N) is 2. The van der Waals surface area contributed by atoms with E-state index in [1.807, 2.05) is 0 Å². The van der Waals surface area contributed by atoms with Gasteiger partial charge in [-0.05, 0) is 57.5 Å². The third-order valence-corrected chi connectivity index (χ3v) is 4.49. The van der Waals surface area contributed by atoms with Crippen LogP contribution in [0.4, 0.5) is 8.78 Å². The van der Waals surface area contributed by atoms with Crippen LogP contribution in [0.25, 0.3) is 0 Å². The standard InChI is InChI=1S/C17H21F2N5O.ClH/c1-17(2,11-3-4-13(18)14(19)9-11)21-16(25)15-10-24(23-22-15)12-5-7-20-8-6-12;/h3-4,9-10,12,20H,5-8H2,1-2H3,(H,21,25);1H. The molecule has 9 heteroatoms. The highest BCUT2D eigenvalue weighted by Gasteiger charge is 2.26. The predicted molar refractivity (Wildman–Crippen MR) is 95.3 cm³/mol. The molecule has 1 aromatic heterocycles. The number of carbonyl (C=O) groups is 1. The van der Waals surface area contributed by atoms with Gasteiger partial charge in [0.2, 0.25) is 0 Å². The molecule has 1 aromatic carbocycles. The van der Waals surface area contributed by atoms with Gasteiger partial charge in [0.1, 0.15) is 0 Å². The third-order valence-electron chi connectivity index (χ3n) is 4.49. The van der Waals surface area contributed by atoms with Gasteiger partial charge in [-0.1, -0.05) is 11.3 Å². The largest absolute Gasteiger partial charge is 0.342 e. The molecule has 0 unspecified atom stereocenters. The maximum Gasteiger partial charge on any atom is 0.274 e. The summed E-state index contributed by atoms with van der Waals surface area (Å²) in [6.07, 6.45) is 3.50. The number of hydrogen-bond acceptors (Lipinski definition) is 4. The molecule has 142 valence electrons. The lowest BCUT2D eigenvalue weighted by molar-refractivity contribution is 0.0906. The highest BCUT2D eigenvalue weighted by Crippen LogP contribution is 2.23. The number of hydrogen-bond donors (Lipinski definition) is 2. The van der Waals surface area contributed by atoms with Gasteiger partial charge in [-0.25, -0.2) is 13.5 Å². The first-order valence-corrected chi connectivity index (χ1v) is 8.27. The highest BCUT2D eigenvalue weighted by atomic mass is 35.5. The van der Waals surface area contributed by atoms with Crippen molar-refractivity contribution < 1.29 is 13.6 Å². The average Bonchev–Trinajstić information content (AvgIpc) is 3.08. The van der Waals surface area contributed by atoms with Gasteiger partial charge in [-0.3, -0.25) is 4.79 Å². The second-order valence-corrected chi connectivity index (χ2v) is 6.77. The van der Waals surface area contributed by atoms with E-state index in [2.05, 4.69) is 20.9 Å². The van der Waals surface area contributed by atoms with Crippen LogP contribution in [0.5, 0.6) is 0 Å². The van der Waals surface area contributed by atoms with Crippen LogP contribution in [0.2, 0.25) is 0 Å². The Bertz CT molecular complexity index is 774. The van der Waals surface area contributed by atoms with E-state index >= 15 is 0 Å². The van der Waals surface area contributed by atoms with Crippen LogP contribution in [0, 0.1) is 11.6 Å². The molecule has 26 heavy (non-hydrogen) atoms. The second kappa shape index (κ2) is 8.09. The van der Waals surface area contributed by atoms with Gasteiger partial charge in [0.05, 0.1) is 17.8 Å². The molecule has 0 aliphatic carbocycles. The molecule has 0 saturated carbocycles. The lowest BCUT2D eigenvalue weighted by Gasteiger charge is -2.26. The molecule has 0 atom stereocenters. The van der Waals surface area contributed by atoms with Gasteiger partial charge in [0, 0.05) is 0 Å². The molecule has 0 radical (unpaired) electrons. The summed E-state index contributed by atoms with van der Waals surface area (Å²) in [5.74, 6) is -2.28. The molecule has 1 aliphatic rings. The molecule has 1 amide bonds. The quantitative estimate of drug-likeness (QED) is 0.848. The molecule has 2 aromatic rings. The summed E-state index contributed by atoms with van der Waals surface area (Å²) in [6.45, 7) is 5.26. The number of halogens is 3. The Morgan fingerprint density at radius 1 is 1.27 bits per heavy atom.